The average molecular weight is 467 g/mol. The van der Waals surface area contributed by atoms with Gasteiger partial charge in [-0.2, -0.15) is 0 Å². The Morgan fingerprint density at radius 1 is 0.700 bits per heavy atom. The summed E-state index contributed by atoms with van der Waals surface area (Å²) in [7, 11) is 3.41. The van der Waals surface area contributed by atoms with Crippen LogP contribution >= 0.6 is 15.9 Å². The normalized spacial score (nSPS) is 15.4. The fraction of sp³-hybridized carbons (Fsp3) is 0.280. The molecule has 0 atom stereocenters. The molecule has 4 rings (SSSR count). The van der Waals surface area contributed by atoms with Crippen LogP contribution < -0.4 is 9.47 Å². The second-order valence-corrected chi connectivity index (χ2v) is 8.48. The summed E-state index contributed by atoms with van der Waals surface area (Å²) in [5, 5.41) is 0. The Bertz CT molecular complexity index is 885. The molecule has 156 valence electrons. The molecule has 0 aromatic heterocycles. The van der Waals surface area contributed by atoms with Crippen molar-refractivity contribution in [2.45, 2.75) is 19.3 Å². The lowest BCUT2D eigenvalue weighted by atomic mass is 10.1. The zero-order chi connectivity index (χ0) is 20.9. The Hall–Kier alpha value is -2.34. The van der Waals surface area contributed by atoms with Gasteiger partial charge >= 0.3 is 0 Å². The quantitative estimate of drug-likeness (QED) is 0.459. The van der Waals surface area contributed by atoms with Crippen LogP contribution in [0.3, 0.4) is 0 Å². The molecule has 30 heavy (non-hydrogen) atoms. The Morgan fingerprint density at radius 3 is 1.53 bits per heavy atom. The first-order chi connectivity index (χ1) is 14.7. The van der Waals surface area contributed by atoms with Gasteiger partial charge in [0.05, 0.1) is 20.4 Å². The van der Waals surface area contributed by atoms with Crippen molar-refractivity contribution in [3.05, 3.63) is 94.0 Å². The summed E-state index contributed by atoms with van der Waals surface area (Å²) in [6.07, 6.45) is 0.238. The van der Waals surface area contributed by atoms with Crippen LogP contribution in [0.4, 0.5) is 0 Å². The summed E-state index contributed by atoms with van der Waals surface area (Å²) in [4.78, 5) is 5.10. The second-order valence-electron chi connectivity index (χ2n) is 7.56. The van der Waals surface area contributed by atoms with Crippen LogP contribution in [0.5, 0.6) is 11.5 Å². The number of nitrogens with zero attached hydrogens (tertiary/aromatic N) is 2. The van der Waals surface area contributed by atoms with Gasteiger partial charge in [-0.25, -0.2) is 0 Å². The molecule has 0 amide bonds. The highest BCUT2D eigenvalue weighted by Crippen LogP contribution is 2.33. The molecule has 0 radical (unpaired) electrons. The maximum absolute atomic E-state index is 5.31. The molecular formula is C25H27BrN2O2. The van der Waals surface area contributed by atoms with Crippen molar-refractivity contribution < 1.29 is 9.47 Å². The number of rotatable bonds is 7. The first-order valence-electron chi connectivity index (χ1n) is 10.2. The number of hydrogen-bond donors (Lipinski definition) is 0. The van der Waals surface area contributed by atoms with E-state index in [0.29, 0.717) is 0 Å². The minimum Gasteiger partial charge on any atom is -0.497 e. The van der Waals surface area contributed by atoms with Crippen LogP contribution in [-0.4, -0.2) is 37.1 Å². The molecule has 1 heterocycles. The van der Waals surface area contributed by atoms with Crippen LogP contribution in [0, 0.1) is 0 Å². The number of benzene rings is 3. The minimum atomic E-state index is 0.238. The highest BCUT2D eigenvalue weighted by Gasteiger charge is 2.33. The Kier molecular flexibility index (Phi) is 6.72. The van der Waals surface area contributed by atoms with Crippen molar-refractivity contribution in [1.29, 1.82) is 0 Å². The maximum Gasteiger partial charge on any atom is 0.118 e. The monoisotopic (exact) mass is 466 g/mol. The maximum atomic E-state index is 5.31. The molecule has 0 aliphatic carbocycles. The fourth-order valence-electron chi connectivity index (χ4n) is 4.05. The van der Waals surface area contributed by atoms with E-state index in [1.807, 2.05) is 24.3 Å². The second kappa shape index (κ2) is 9.65. The van der Waals surface area contributed by atoms with Crippen LogP contribution in [0.25, 0.3) is 0 Å². The van der Waals surface area contributed by atoms with Crippen LogP contribution in [-0.2, 0) is 13.1 Å². The molecule has 0 bridgehead atoms. The van der Waals surface area contributed by atoms with E-state index in [-0.39, 0.29) is 6.17 Å². The van der Waals surface area contributed by atoms with E-state index in [9.17, 15) is 0 Å². The first-order valence-corrected chi connectivity index (χ1v) is 10.9. The molecule has 5 heteroatoms. The van der Waals surface area contributed by atoms with Crippen molar-refractivity contribution >= 4 is 15.9 Å². The van der Waals surface area contributed by atoms with Gasteiger partial charge in [-0.3, -0.25) is 9.80 Å². The summed E-state index contributed by atoms with van der Waals surface area (Å²) in [6.45, 7) is 3.87. The molecule has 0 N–H and O–H groups in total. The van der Waals surface area contributed by atoms with Crippen molar-refractivity contribution in [3.63, 3.8) is 0 Å². The molecule has 0 saturated carbocycles. The molecule has 0 spiro atoms. The van der Waals surface area contributed by atoms with Crippen molar-refractivity contribution in [2.75, 3.05) is 27.3 Å². The predicted octanol–water partition coefficient (Wildman–Crippen LogP) is 5.48. The van der Waals surface area contributed by atoms with Crippen molar-refractivity contribution in [1.82, 2.24) is 9.80 Å². The van der Waals surface area contributed by atoms with Gasteiger partial charge in [0.25, 0.3) is 0 Å². The van der Waals surface area contributed by atoms with Gasteiger partial charge in [-0.05, 0) is 53.1 Å². The molecule has 1 aliphatic rings. The summed E-state index contributed by atoms with van der Waals surface area (Å²) in [5.74, 6) is 1.79. The SMILES string of the molecule is COc1ccc(CN2CCN(Cc3ccc(OC)cc3)C2c2ccc(Br)cc2)cc1. The van der Waals surface area contributed by atoms with Crippen LogP contribution in [0.15, 0.2) is 77.3 Å². The van der Waals surface area contributed by atoms with Crippen LogP contribution in [0.1, 0.15) is 22.9 Å². The zero-order valence-corrected chi connectivity index (χ0v) is 19.0. The average Bonchev–Trinajstić information content (AvgIpc) is 3.17. The predicted molar refractivity (Wildman–Crippen MR) is 124 cm³/mol. The fourth-order valence-corrected chi connectivity index (χ4v) is 4.32. The number of hydrogen-bond acceptors (Lipinski definition) is 4. The zero-order valence-electron chi connectivity index (χ0n) is 17.4. The number of methoxy groups -OCH3 is 2. The van der Waals surface area contributed by atoms with Gasteiger partial charge in [-0.1, -0.05) is 52.3 Å². The van der Waals surface area contributed by atoms with E-state index < -0.39 is 0 Å². The molecule has 0 unspecified atom stereocenters. The molecule has 1 fully saturated rings. The standard InChI is InChI=1S/C25H27BrN2O2/c1-29-23-11-3-19(4-12-23)17-27-15-16-28(18-20-5-13-24(30-2)14-6-20)25(27)21-7-9-22(26)10-8-21/h3-14,25H,15-18H2,1-2H3. The van der Waals surface area contributed by atoms with Crippen molar-refractivity contribution in [2.24, 2.45) is 0 Å². The van der Waals surface area contributed by atoms with E-state index in [4.69, 9.17) is 9.47 Å². The van der Waals surface area contributed by atoms with Gasteiger partial charge in [0.2, 0.25) is 0 Å². The minimum absolute atomic E-state index is 0.238. The third-order valence-electron chi connectivity index (χ3n) is 5.62. The lowest BCUT2D eigenvalue weighted by molar-refractivity contribution is 0.126. The number of ether oxygens (including phenoxy) is 2. The Morgan fingerprint density at radius 2 is 1.13 bits per heavy atom. The topological polar surface area (TPSA) is 24.9 Å². The Labute approximate surface area is 187 Å². The summed E-state index contributed by atoms with van der Waals surface area (Å²) >= 11 is 3.57. The van der Waals surface area contributed by atoms with Crippen molar-refractivity contribution in [3.8, 4) is 11.5 Å². The molecule has 1 saturated heterocycles. The lowest BCUT2D eigenvalue weighted by Gasteiger charge is -2.31. The van der Waals surface area contributed by atoms with E-state index in [1.165, 1.54) is 16.7 Å². The third kappa shape index (κ3) is 4.86. The lowest BCUT2D eigenvalue weighted by Crippen LogP contribution is -2.30. The number of halogens is 1. The van der Waals surface area contributed by atoms with E-state index >= 15 is 0 Å². The Balaban J connectivity index is 1.56. The largest absolute Gasteiger partial charge is 0.497 e. The summed E-state index contributed by atoms with van der Waals surface area (Å²) < 4.78 is 11.7. The van der Waals surface area contributed by atoms with Gasteiger partial charge in [0.1, 0.15) is 11.5 Å². The molecule has 1 aliphatic heterocycles. The first kappa shape index (κ1) is 20.9. The van der Waals surface area contributed by atoms with Gasteiger partial charge < -0.3 is 9.47 Å². The van der Waals surface area contributed by atoms with Gasteiger partial charge in [0.15, 0.2) is 0 Å². The molecule has 4 nitrogen and oxygen atoms in total. The highest BCUT2D eigenvalue weighted by molar-refractivity contribution is 9.10. The van der Waals surface area contributed by atoms with E-state index in [0.717, 1.165) is 42.2 Å². The van der Waals surface area contributed by atoms with E-state index in [2.05, 4.69) is 74.3 Å². The summed E-state index contributed by atoms with van der Waals surface area (Å²) in [5.41, 5.74) is 3.91. The molecular weight excluding hydrogens is 440 g/mol. The smallest absolute Gasteiger partial charge is 0.118 e. The highest BCUT2D eigenvalue weighted by atomic mass is 79.9. The van der Waals surface area contributed by atoms with E-state index in [1.54, 1.807) is 14.2 Å². The molecule has 3 aromatic rings. The summed E-state index contributed by atoms with van der Waals surface area (Å²) in [6, 6.07) is 25.5. The molecule has 3 aromatic carbocycles. The van der Waals surface area contributed by atoms with Gasteiger partial charge in [0, 0.05) is 30.7 Å². The third-order valence-corrected chi connectivity index (χ3v) is 6.15. The van der Waals surface area contributed by atoms with Gasteiger partial charge in [-0.15, -0.1) is 0 Å². The van der Waals surface area contributed by atoms with Crippen LogP contribution in [0.2, 0.25) is 0 Å².